The Morgan fingerprint density at radius 1 is 1.05 bits per heavy atom. The predicted molar refractivity (Wildman–Crippen MR) is 102 cm³/mol. The Labute approximate surface area is 146 Å². The lowest BCUT2D eigenvalue weighted by atomic mass is 10.1. The predicted octanol–water partition coefficient (Wildman–Crippen LogP) is 3.65. The molecule has 0 atom stereocenters. The van der Waals surface area contributed by atoms with E-state index in [-0.39, 0.29) is 24.0 Å². The van der Waals surface area contributed by atoms with Gasteiger partial charge in [-0.3, -0.25) is 4.99 Å². The van der Waals surface area contributed by atoms with Gasteiger partial charge in [-0.2, -0.15) is 0 Å². The van der Waals surface area contributed by atoms with Gasteiger partial charge in [0.25, 0.3) is 0 Å². The number of halogens is 1. The van der Waals surface area contributed by atoms with Crippen molar-refractivity contribution in [2.45, 2.75) is 46.0 Å². The largest absolute Gasteiger partial charge is 0.370 e. The van der Waals surface area contributed by atoms with Gasteiger partial charge < -0.3 is 10.6 Å². The van der Waals surface area contributed by atoms with Crippen LogP contribution in [-0.2, 0) is 6.42 Å². The van der Waals surface area contributed by atoms with Gasteiger partial charge in [0.05, 0.1) is 0 Å². The van der Waals surface area contributed by atoms with E-state index >= 15 is 0 Å². The van der Waals surface area contributed by atoms with Crippen molar-refractivity contribution in [3.05, 3.63) is 34.9 Å². The first-order valence-electron chi connectivity index (χ1n) is 7.77. The monoisotopic (exact) mass is 401 g/mol. The minimum atomic E-state index is 0. The number of likely N-dealkylation sites (tertiary alicyclic amines) is 1. The molecule has 1 aliphatic heterocycles. The minimum Gasteiger partial charge on any atom is -0.370 e. The zero-order valence-electron chi connectivity index (χ0n) is 13.3. The second kappa shape index (κ2) is 9.28. The molecule has 1 aromatic carbocycles. The number of rotatable bonds is 3. The quantitative estimate of drug-likeness (QED) is 0.477. The molecule has 118 valence electrons. The summed E-state index contributed by atoms with van der Waals surface area (Å²) in [4.78, 5) is 6.81. The lowest BCUT2D eigenvalue weighted by molar-refractivity contribution is 0.428. The van der Waals surface area contributed by atoms with E-state index in [9.17, 15) is 0 Å². The summed E-state index contributed by atoms with van der Waals surface area (Å²) in [6, 6.07) is 6.69. The van der Waals surface area contributed by atoms with Crippen molar-refractivity contribution in [1.29, 1.82) is 0 Å². The van der Waals surface area contributed by atoms with E-state index in [0.29, 0.717) is 0 Å². The van der Waals surface area contributed by atoms with E-state index in [1.807, 2.05) is 0 Å². The van der Waals surface area contributed by atoms with Gasteiger partial charge in [0, 0.05) is 19.6 Å². The van der Waals surface area contributed by atoms with Crippen LogP contribution in [0.15, 0.2) is 23.2 Å². The summed E-state index contributed by atoms with van der Waals surface area (Å²) in [6.07, 6.45) is 6.11. The maximum absolute atomic E-state index is 6.12. The number of nitrogens with zero attached hydrogens (tertiary/aromatic N) is 2. The number of aryl methyl sites for hydroxylation is 2. The molecule has 3 nitrogen and oxygen atoms in total. The zero-order chi connectivity index (χ0) is 14.4. The third kappa shape index (κ3) is 6.24. The first-order valence-corrected chi connectivity index (χ1v) is 7.77. The first kappa shape index (κ1) is 18.3. The highest BCUT2D eigenvalue weighted by atomic mass is 127. The van der Waals surface area contributed by atoms with Crippen LogP contribution in [0, 0.1) is 13.8 Å². The van der Waals surface area contributed by atoms with Gasteiger partial charge in [0.1, 0.15) is 0 Å². The molecular formula is C17H28IN3. The Kier molecular flexibility index (Phi) is 8.07. The summed E-state index contributed by atoms with van der Waals surface area (Å²) in [5.74, 6) is 0.733. The molecule has 21 heavy (non-hydrogen) atoms. The highest BCUT2D eigenvalue weighted by Gasteiger charge is 2.10. The minimum absolute atomic E-state index is 0. The number of hydrogen-bond acceptors (Lipinski definition) is 1. The second-order valence-electron chi connectivity index (χ2n) is 5.89. The topological polar surface area (TPSA) is 41.6 Å². The van der Waals surface area contributed by atoms with Gasteiger partial charge in [-0.25, -0.2) is 0 Å². The molecule has 1 heterocycles. The molecule has 0 unspecified atom stereocenters. The molecule has 1 fully saturated rings. The second-order valence-corrected chi connectivity index (χ2v) is 5.89. The Balaban J connectivity index is 0.00000220. The molecule has 0 radical (unpaired) electrons. The first-order chi connectivity index (χ1) is 9.65. The summed E-state index contributed by atoms with van der Waals surface area (Å²) in [7, 11) is 0. The molecule has 0 saturated carbocycles. The average Bonchev–Trinajstić information content (AvgIpc) is 2.66. The third-order valence-corrected chi connectivity index (χ3v) is 3.89. The molecule has 2 N–H and O–H groups in total. The van der Waals surface area contributed by atoms with Gasteiger partial charge >= 0.3 is 0 Å². The van der Waals surface area contributed by atoms with E-state index in [0.717, 1.165) is 32.0 Å². The Hall–Kier alpha value is -0.780. The summed E-state index contributed by atoms with van der Waals surface area (Å²) < 4.78 is 0. The van der Waals surface area contributed by atoms with Gasteiger partial charge in [-0.1, -0.05) is 42.2 Å². The SMILES string of the molecule is Cc1cc(C)cc(CCN=C(N)N2CCCCCC2)c1.I. The molecule has 4 heteroatoms. The Morgan fingerprint density at radius 2 is 1.62 bits per heavy atom. The molecule has 0 aromatic heterocycles. The summed E-state index contributed by atoms with van der Waals surface area (Å²) >= 11 is 0. The molecule has 0 bridgehead atoms. The van der Waals surface area contributed by atoms with Gasteiger partial charge in [0.15, 0.2) is 5.96 Å². The third-order valence-electron chi connectivity index (χ3n) is 3.89. The fourth-order valence-corrected chi connectivity index (χ4v) is 2.91. The number of guanidine groups is 1. The van der Waals surface area contributed by atoms with Gasteiger partial charge in [0.2, 0.25) is 0 Å². The highest BCUT2D eigenvalue weighted by molar-refractivity contribution is 14.0. The maximum atomic E-state index is 6.12. The molecule has 1 aromatic rings. The van der Waals surface area contributed by atoms with Crippen LogP contribution in [0.25, 0.3) is 0 Å². The van der Waals surface area contributed by atoms with E-state index < -0.39 is 0 Å². The molecule has 0 spiro atoms. The zero-order valence-corrected chi connectivity index (χ0v) is 15.6. The number of hydrogen-bond donors (Lipinski definition) is 1. The maximum Gasteiger partial charge on any atom is 0.191 e. The van der Waals surface area contributed by atoms with Crippen LogP contribution in [-0.4, -0.2) is 30.5 Å². The van der Waals surface area contributed by atoms with Crippen LogP contribution in [0.5, 0.6) is 0 Å². The lowest BCUT2D eigenvalue weighted by Gasteiger charge is -2.21. The van der Waals surface area contributed by atoms with Crippen molar-refractivity contribution in [2.75, 3.05) is 19.6 Å². The molecular weight excluding hydrogens is 373 g/mol. The van der Waals surface area contributed by atoms with Crippen molar-refractivity contribution in [2.24, 2.45) is 10.7 Å². The van der Waals surface area contributed by atoms with Crippen molar-refractivity contribution < 1.29 is 0 Å². The Bertz CT molecular complexity index is 443. The van der Waals surface area contributed by atoms with Gasteiger partial charge in [-0.05, 0) is 38.7 Å². The van der Waals surface area contributed by atoms with Crippen molar-refractivity contribution in [3.8, 4) is 0 Å². The number of aliphatic imine (C=N–C) groups is 1. The van der Waals surface area contributed by atoms with Crippen LogP contribution < -0.4 is 5.73 Å². The van der Waals surface area contributed by atoms with Crippen LogP contribution >= 0.6 is 24.0 Å². The molecule has 2 rings (SSSR count). The van der Waals surface area contributed by atoms with Crippen molar-refractivity contribution >= 4 is 29.9 Å². The molecule has 0 aliphatic carbocycles. The Morgan fingerprint density at radius 3 is 2.19 bits per heavy atom. The van der Waals surface area contributed by atoms with Crippen LogP contribution in [0.1, 0.15) is 42.4 Å². The average molecular weight is 401 g/mol. The summed E-state index contributed by atoms with van der Waals surface area (Å²) in [6.45, 7) is 7.21. The number of nitrogens with two attached hydrogens (primary N) is 1. The normalized spacial score (nSPS) is 16.3. The van der Waals surface area contributed by atoms with E-state index in [1.165, 1.54) is 42.4 Å². The van der Waals surface area contributed by atoms with E-state index in [1.54, 1.807) is 0 Å². The van der Waals surface area contributed by atoms with Crippen LogP contribution in [0.3, 0.4) is 0 Å². The highest BCUT2D eigenvalue weighted by Crippen LogP contribution is 2.11. The van der Waals surface area contributed by atoms with E-state index in [4.69, 9.17) is 5.73 Å². The van der Waals surface area contributed by atoms with Crippen molar-refractivity contribution in [1.82, 2.24) is 4.90 Å². The van der Waals surface area contributed by atoms with E-state index in [2.05, 4.69) is 41.9 Å². The van der Waals surface area contributed by atoms with Crippen molar-refractivity contribution in [3.63, 3.8) is 0 Å². The molecule has 1 aliphatic rings. The summed E-state index contributed by atoms with van der Waals surface area (Å²) in [5, 5.41) is 0. The standard InChI is InChI=1S/C17H27N3.HI/c1-14-11-15(2)13-16(12-14)7-8-19-17(18)20-9-5-3-4-6-10-20;/h11-13H,3-10H2,1-2H3,(H2,18,19);1H. The summed E-state index contributed by atoms with van der Waals surface area (Å²) in [5.41, 5.74) is 10.1. The van der Waals surface area contributed by atoms with Crippen LogP contribution in [0.2, 0.25) is 0 Å². The van der Waals surface area contributed by atoms with Crippen LogP contribution in [0.4, 0.5) is 0 Å². The fourth-order valence-electron chi connectivity index (χ4n) is 2.91. The fraction of sp³-hybridized carbons (Fsp3) is 0.588. The molecule has 0 amide bonds. The lowest BCUT2D eigenvalue weighted by Crippen LogP contribution is -2.38. The van der Waals surface area contributed by atoms with Gasteiger partial charge in [-0.15, -0.1) is 24.0 Å². The molecule has 1 saturated heterocycles. The number of benzene rings is 1. The smallest absolute Gasteiger partial charge is 0.191 e.